The number of nitrogens with one attached hydrogen (secondary N) is 1. The zero-order chi connectivity index (χ0) is 19.1. The lowest BCUT2D eigenvalue weighted by Crippen LogP contribution is -2.26. The second-order valence-corrected chi connectivity index (χ2v) is 6.55. The summed E-state index contributed by atoms with van der Waals surface area (Å²) in [6.45, 7) is 3.73. The van der Waals surface area contributed by atoms with Gasteiger partial charge in [0, 0.05) is 24.9 Å². The lowest BCUT2D eigenvalue weighted by Gasteiger charge is -2.18. The highest BCUT2D eigenvalue weighted by atomic mass is 16.6. The number of Topliss-reactive ketones (excluding diaryl/α,β-unsaturated/α-hetero) is 1. The normalized spacial score (nSPS) is 12.5. The highest BCUT2D eigenvalue weighted by molar-refractivity contribution is 5.97. The molecule has 5 heteroatoms. The van der Waals surface area contributed by atoms with Crippen LogP contribution in [0.15, 0.2) is 42.5 Å². The van der Waals surface area contributed by atoms with E-state index >= 15 is 0 Å². The monoisotopic (exact) mass is 367 g/mol. The van der Waals surface area contributed by atoms with E-state index in [1.807, 2.05) is 42.5 Å². The molecule has 3 rings (SSSR count). The molecule has 1 heterocycles. The van der Waals surface area contributed by atoms with E-state index in [1.165, 1.54) is 5.56 Å². The number of carbonyl (C=O) groups excluding carboxylic acids is 2. The first kappa shape index (κ1) is 19.0. The molecule has 1 amide bonds. The Hall–Kier alpha value is -2.82. The summed E-state index contributed by atoms with van der Waals surface area (Å²) in [7, 11) is 0. The van der Waals surface area contributed by atoms with Gasteiger partial charge in [0.2, 0.25) is 5.91 Å². The molecule has 2 aromatic carbocycles. The molecule has 0 aromatic heterocycles. The van der Waals surface area contributed by atoms with E-state index in [2.05, 4.69) is 12.2 Å². The van der Waals surface area contributed by atoms with Gasteiger partial charge in [-0.25, -0.2) is 0 Å². The van der Waals surface area contributed by atoms with E-state index in [-0.39, 0.29) is 24.5 Å². The van der Waals surface area contributed by atoms with Crippen LogP contribution in [0, 0.1) is 0 Å². The third-order valence-corrected chi connectivity index (χ3v) is 4.61. The molecule has 0 bridgehead atoms. The average Bonchev–Trinajstić information content (AvgIpc) is 2.72. The van der Waals surface area contributed by atoms with Crippen molar-refractivity contribution < 1.29 is 19.1 Å². The topological polar surface area (TPSA) is 64.6 Å². The minimum atomic E-state index is -0.105. The van der Waals surface area contributed by atoms with Crippen molar-refractivity contribution in [2.24, 2.45) is 0 Å². The maximum absolute atomic E-state index is 12.2. The maximum atomic E-state index is 12.2. The first-order valence-corrected chi connectivity index (χ1v) is 9.43. The number of ether oxygens (including phenoxy) is 2. The van der Waals surface area contributed by atoms with Crippen molar-refractivity contribution in [3.05, 3.63) is 59.2 Å². The van der Waals surface area contributed by atoms with Gasteiger partial charge in [0.1, 0.15) is 13.2 Å². The number of hydrogen-bond acceptors (Lipinski definition) is 4. The summed E-state index contributed by atoms with van der Waals surface area (Å²) in [6, 6.07) is 13.4. The summed E-state index contributed by atoms with van der Waals surface area (Å²) < 4.78 is 11.1. The molecule has 2 aromatic rings. The van der Waals surface area contributed by atoms with Gasteiger partial charge in [0.25, 0.3) is 0 Å². The number of ketones is 1. The van der Waals surface area contributed by atoms with Gasteiger partial charge in [-0.05, 0) is 36.1 Å². The fourth-order valence-electron chi connectivity index (χ4n) is 2.98. The van der Waals surface area contributed by atoms with Gasteiger partial charge in [-0.3, -0.25) is 9.59 Å². The third kappa shape index (κ3) is 5.33. The molecule has 1 aliphatic rings. The number of fused-ring (bicyclic) bond motifs is 1. The summed E-state index contributed by atoms with van der Waals surface area (Å²) in [6.07, 6.45) is 2.08. The van der Waals surface area contributed by atoms with Crippen molar-refractivity contribution in [2.75, 3.05) is 19.8 Å². The van der Waals surface area contributed by atoms with Crippen LogP contribution in [-0.4, -0.2) is 31.4 Å². The highest BCUT2D eigenvalue weighted by Gasteiger charge is 2.12. The van der Waals surface area contributed by atoms with E-state index in [9.17, 15) is 9.59 Å². The van der Waals surface area contributed by atoms with Crippen molar-refractivity contribution in [1.82, 2.24) is 5.32 Å². The molecule has 0 atom stereocenters. The fraction of sp³-hybridized carbons (Fsp3) is 0.364. The lowest BCUT2D eigenvalue weighted by molar-refractivity contribution is -0.121. The molecule has 27 heavy (non-hydrogen) atoms. The summed E-state index contributed by atoms with van der Waals surface area (Å²) in [4.78, 5) is 24.2. The summed E-state index contributed by atoms with van der Waals surface area (Å²) in [5.41, 5.74) is 2.94. The molecule has 0 radical (unpaired) electrons. The molecule has 0 saturated carbocycles. The van der Waals surface area contributed by atoms with Gasteiger partial charge < -0.3 is 14.8 Å². The predicted molar refractivity (Wildman–Crippen MR) is 104 cm³/mol. The molecule has 0 saturated heterocycles. The first-order chi connectivity index (χ1) is 13.2. The van der Waals surface area contributed by atoms with Gasteiger partial charge in [0.15, 0.2) is 17.3 Å². The van der Waals surface area contributed by atoms with Crippen molar-refractivity contribution in [2.45, 2.75) is 32.6 Å². The predicted octanol–water partition coefficient (Wildman–Crippen LogP) is 3.34. The number of rotatable bonds is 8. The van der Waals surface area contributed by atoms with E-state index in [0.29, 0.717) is 31.7 Å². The minimum Gasteiger partial charge on any atom is -0.486 e. The Morgan fingerprint density at radius 2 is 1.63 bits per heavy atom. The molecule has 5 nitrogen and oxygen atoms in total. The van der Waals surface area contributed by atoms with Crippen molar-refractivity contribution in [3.8, 4) is 11.5 Å². The molecule has 142 valence electrons. The van der Waals surface area contributed by atoms with E-state index in [4.69, 9.17) is 9.47 Å². The van der Waals surface area contributed by atoms with Crippen LogP contribution < -0.4 is 14.8 Å². The Morgan fingerprint density at radius 3 is 2.37 bits per heavy atom. The molecular formula is C22H25NO4. The van der Waals surface area contributed by atoms with Crippen molar-refractivity contribution in [3.63, 3.8) is 0 Å². The summed E-state index contributed by atoms with van der Waals surface area (Å²) in [5, 5.41) is 2.87. The van der Waals surface area contributed by atoms with Crippen molar-refractivity contribution >= 4 is 11.7 Å². The maximum Gasteiger partial charge on any atom is 0.220 e. The Kier molecular flexibility index (Phi) is 6.47. The third-order valence-electron chi connectivity index (χ3n) is 4.61. The Labute approximate surface area is 159 Å². The number of hydrogen-bond donors (Lipinski definition) is 1. The van der Waals surface area contributed by atoms with E-state index in [0.717, 1.165) is 23.5 Å². The van der Waals surface area contributed by atoms with Crippen LogP contribution in [0.25, 0.3) is 0 Å². The molecule has 0 spiro atoms. The molecule has 0 aliphatic carbocycles. The van der Waals surface area contributed by atoms with Crippen LogP contribution in [0.1, 0.15) is 41.3 Å². The SMILES string of the molecule is CCc1ccc(C(=O)CCC(=O)NCCc2ccc3c(c2)OCCO3)cc1. The van der Waals surface area contributed by atoms with Gasteiger partial charge in [-0.2, -0.15) is 0 Å². The van der Waals surface area contributed by atoms with Crippen LogP contribution >= 0.6 is 0 Å². The standard InChI is InChI=1S/C22H25NO4/c1-2-16-3-6-18(7-4-16)19(24)8-10-22(25)23-12-11-17-5-9-20-21(15-17)27-14-13-26-20/h3-7,9,15H,2,8,10-14H2,1H3,(H,23,25). The smallest absolute Gasteiger partial charge is 0.220 e. The first-order valence-electron chi connectivity index (χ1n) is 9.43. The number of aryl methyl sites for hydroxylation is 1. The largest absolute Gasteiger partial charge is 0.486 e. The average molecular weight is 367 g/mol. The Morgan fingerprint density at radius 1 is 0.926 bits per heavy atom. The zero-order valence-electron chi connectivity index (χ0n) is 15.6. The van der Waals surface area contributed by atoms with E-state index in [1.54, 1.807) is 0 Å². The van der Waals surface area contributed by atoms with Crippen molar-refractivity contribution in [1.29, 1.82) is 0 Å². The van der Waals surface area contributed by atoms with Crippen LogP contribution in [0.4, 0.5) is 0 Å². The number of benzene rings is 2. The quantitative estimate of drug-likeness (QED) is 0.727. The zero-order valence-corrected chi connectivity index (χ0v) is 15.6. The van der Waals surface area contributed by atoms with Crippen LogP contribution in [-0.2, 0) is 17.6 Å². The number of carbonyl (C=O) groups is 2. The van der Waals surface area contributed by atoms with Gasteiger partial charge >= 0.3 is 0 Å². The van der Waals surface area contributed by atoms with Crippen LogP contribution in [0.5, 0.6) is 11.5 Å². The molecular weight excluding hydrogens is 342 g/mol. The number of amides is 1. The van der Waals surface area contributed by atoms with Crippen LogP contribution in [0.3, 0.4) is 0 Å². The Balaban J connectivity index is 1.40. The lowest BCUT2D eigenvalue weighted by atomic mass is 10.0. The minimum absolute atomic E-state index is 0.000334. The summed E-state index contributed by atoms with van der Waals surface area (Å²) in [5.74, 6) is 1.41. The van der Waals surface area contributed by atoms with Gasteiger partial charge in [-0.15, -0.1) is 0 Å². The second-order valence-electron chi connectivity index (χ2n) is 6.55. The second kappa shape index (κ2) is 9.21. The molecule has 0 unspecified atom stereocenters. The fourth-order valence-corrected chi connectivity index (χ4v) is 2.98. The molecule has 1 aliphatic heterocycles. The van der Waals surface area contributed by atoms with Gasteiger partial charge in [0.05, 0.1) is 0 Å². The summed E-state index contributed by atoms with van der Waals surface area (Å²) >= 11 is 0. The molecule has 0 fully saturated rings. The Bertz CT molecular complexity index is 798. The van der Waals surface area contributed by atoms with Crippen LogP contribution in [0.2, 0.25) is 0 Å². The highest BCUT2D eigenvalue weighted by Crippen LogP contribution is 2.30. The van der Waals surface area contributed by atoms with Gasteiger partial charge in [-0.1, -0.05) is 37.3 Å². The van der Waals surface area contributed by atoms with E-state index < -0.39 is 0 Å². The molecule has 1 N–H and O–H groups in total.